The van der Waals surface area contributed by atoms with Crippen LogP contribution in [0.15, 0.2) is 11.3 Å². The quantitative estimate of drug-likeness (QED) is 0.647. The molecule has 0 aromatic heterocycles. The van der Waals surface area contributed by atoms with Crippen LogP contribution in [0.2, 0.25) is 0 Å². The van der Waals surface area contributed by atoms with Crippen LogP contribution in [0.4, 0.5) is 0 Å². The second kappa shape index (κ2) is 4.07. The van der Waals surface area contributed by atoms with Crippen molar-refractivity contribution in [3.8, 4) is 0 Å². The summed E-state index contributed by atoms with van der Waals surface area (Å²) in [5.74, 6) is -0.313. The molecule has 3 N–H and O–H groups in total. The van der Waals surface area contributed by atoms with E-state index in [0.717, 1.165) is 30.5 Å². The minimum atomic E-state index is -0.401. The lowest BCUT2D eigenvalue weighted by molar-refractivity contribution is -0.117. The van der Waals surface area contributed by atoms with Crippen molar-refractivity contribution >= 4 is 11.7 Å². The molecule has 0 radical (unpaired) electrons. The smallest absolute Gasteiger partial charge is 0.236 e. The Labute approximate surface area is 77.2 Å². The average Bonchev–Trinajstić information content (AvgIpc) is 2.47. The lowest BCUT2D eigenvalue weighted by atomic mass is 10.1. The molecule has 0 aliphatic heterocycles. The van der Waals surface area contributed by atoms with Gasteiger partial charge in [-0.15, -0.1) is 0 Å². The zero-order valence-electron chi connectivity index (χ0n) is 7.72. The number of nitrogens with one attached hydrogen (secondary N) is 1. The molecule has 0 fully saturated rings. The first-order valence-corrected chi connectivity index (χ1v) is 4.36. The summed E-state index contributed by atoms with van der Waals surface area (Å²) in [6, 6.07) is 0. The summed E-state index contributed by atoms with van der Waals surface area (Å²) >= 11 is 0. The van der Waals surface area contributed by atoms with Gasteiger partial charge in [0.1, 0.15) is 0 Å². The number of nitrogens with two attached hydrogens (primary N) is 1. The molecule has 0 bridgehead atoms. The molecule has 4 nitrogen and oxygen atoms in total. The number of hydrogen-bond donors (Lipinski definition) is 2. The molecule has 0 aromatic carbocycles. The molecule has 0 saturated heterocycles. The highest BCUT2D eigenvalue weighted by atomic mass is 16.1. The Kier molecular flexibility index (Phi) is 3.06. The highest BCUT2D eigenvalue weighted by Crippen LogP contribution is 2.24. The zero-order valence-corrected chi connectivity index (χ0v) is 7.72. The Bertz CT molecular complexity index is 269. The van der Waals surface area contributed by atoms with E-state index in [0.29, 0.717) is 0 Å². The van der Waals surface area contributed by atoms with Crippen LogP contribution in [0.5, 0.6) is 0 Å². The van der Waals surface area contributed by atoms with E-state index in [-0.39, 0.29) is 12.3 Å². The largest absolute Gasteiger partial charge is 0.379 e. The van der Waals surface area contributed by atoms with Crippen molar-refractivity contribution in [2.75, 3.05) is 6.54 Å². The number of allylic oxidation sites excluding steroid dienone is 2. The first-order valence-electron chi connectivity index (χ1n) is 4.36. The minimum Gasteiger partial charge on any atom is -0.379 e. The van der Waals surface area contributed by atoms with Gasteiger partial charge in [0.2, 0.25) is 5.91 Å². The van der Waals surface area contributed by atoms with Crippen LogP contribution < -0.4 is 11.1 Å². The predicted molar refractivity (Wildman–Crippen MR) is 48.8 cm³/mol. The van der Waals surface area contributed by atoms with Crippen LogP contribution in [0.1, 0.15) is 26.2 Å². The third-order valence-corrected chi connectivity index (χ3v) is 2.12. The third kappa shape index (κ3) is 2.57. The van der Waals surface area contributed by atoms with E-state index < -0.39 is 5.91 Å². The van der Waals surface area contributed by atoms with E-state index in [1.165, 1.54) is 0 Å². The molecule has 0 heterocycles. The lowest BCUT2D eigenvalue weighted by Crippen LogP contribution is -2.28. The molecule has 0 spiro atoms. The Morgan fingerprint density at radius 3 is 2.69 bits per heavy atom. The van der Waals surface area contributed by atoms with Gasteiger partial charge in [0, 0.05) is 11.3 Å². The molecule has 0 atom stereocenters. The van der Waals surface area contributed by atoms with Crippen LogP contribution in [-0.4, -0.2) is 18.2 Å². The van der Waals surface area contributed by atoms with Gasteiger partial charge in [0.05, 0.1) is 6.54 Å². The Hall–Kier alpha value is -1.32. The number of ketones is 1. The summed E-state index contributed by atoms with van der Waals surface area (Å²) in [5.41, 5.74) is 6.70. The van der Waals surface area contributed by atoms with E-state index in [9.17, 15) is 9.59 Å². The van der Waals surface area contributed by atoms with Gasteiger partial charge in [-0.2, -0.15) is 0 Å². The molecular weight excluding hydrogens is 168 g/mol. The van der Waals surface area contributed by atoms with Gasteiger partial charge in [0.25, 0.3) is 0 Å². The number of rotatable bonds is 4. The van der Waals surface area contributed by atoms with Crippen LogP contribution in [0.3, 0.4) is 0 Å². The maximum atomic E-state index is 11.1. The number of primary amides is 1. The van der Waals surface area contributed by atoms with Crippen molar-refractivity contribution in [2.45, 2.75) is 26.2 Å². The zero-order chi connectivity index (χ0) is 9.84. The fourth-order valence-corrected chi connectivity index (χ4v) is 1.52. The van der Waals surface area contributed by atoms with Crippen molar-refractivity contribution in [1.82, 2.24) is 5.32 Å². The van der Waals surface area contributed by atoms with Crippen LogP contribution in [0, 0.1) is 0 Å². The molecule has 72 valence electrons. The first-order chi connectivity index (χ1) is 6.11. The molecule has 1 aliphatic carbocycles. The molecule has 1 aliphatic rings. The summed E-state index contributed by atoms with van der Waals surface area (Å²) in [4.78, 5) is 21.6. The SMILES string of the molecule is CC(=O)C1=C(NCC(N)=O)CCC1. The number of hydrogen-bond acceptors (Lipinski definition) is 3. The highest BCUT2D eigenvalue weighted by Gasteiger charge is 2.17. The highest BCUT2D eigenvalue weighted by molar-refractivity contribution is 5.94. The average molecular weight is 182 g/mol. The first kappa shape index (κ1) is 9.77. The maximum absolute atomic E-state index is 11.1. The molecule has 13 heavy (non-hydrogen) atoms. The van der Waals surface area contributed by atoms with Crippen molar-refractivity contribution < 1.29 is 9.59 Å². The molecule has 4 heteroatoms. The van der Waals surface area contributed by atoms with Crippen molar-refractivity contribution in [3.05, 3.63) is 11.3 Å². The van der Waals surface area contributed by atoms with E-state index in [1.54, 1.807) is 6.92 Å². The molecule has 0 saturated carbocycles. The minimum absolute atomic E-state index is 0.0875. The Morgan fingerprint density at radius 1 is 1.46 bits per heavy atom. The topological polar surface area (TPSA) is 72.2 Å². The fraction of sp³-hybridized carbons (Fsp3) is 0.556. The predicted octanol–water partition coefficient (Wildman–Crippen LogP) is 0.0883. The van der Waals surface area contributed by atoms with Crippen molar-refractivity contribution in [1.29, 1.82) is 0 Å². The molecule has 1 amide bonds. The molecular formula is C9H14N2O2. The van der Waals surface area contributed by atoms with Gasteiger partial charge in [0.15, 0.2) is 5.78 Å². The summed E-state index contributed by atoms with van der Waals surface area (Å²) in [6.07, 6.45) is 2.65. The third-order valence-electron chi connectivity index (χ3n) is 2.12. The monoisotopic (exact) mass is 182 g/mol. The number of carbonyl (C=O) groups is 2. The van der Waals surface area contributed by atoms with Crippen molar-refractivity contribution in [3.63, 3.8) is 0 Å². The van der Waals surface area contributed by atoms with Crippen LogP contribution in [0.25, 0.3) is 0 Å². The summed E-state index contributed by atoms with van der Waals surface area (Å²) in [5, 5.41) is 2.90. The lowest BCUT2D eigenvalue weighted by Gasteiger charge is -2.06. The van der Waals surface area contributed by atoms with E-state index in [2.05, 4.69) is 5.32 Å². The molecule has 1 rings (SSSR count). The number of amides is 1. The molecule has 0 unspecified atom stereocenters. The number of Topliss-reactive ketones (excluding diaryl/α,β-unsaturated/α-hetero) is 1. The van der Waals surface area contributed by atoms with E-state index >= 15 is 0 Å². The Balaban J connectivity index is 2.60. The second-order valence-electron chi connectivity index (χ2n) is 3.19. The van der Waals surface area contributed by atoms with E-state index in [1.807, 2.05) is 0 Å². The molecule has 0 aromatic rings. The number of carbonyl (C=O) groups excluding carboxylic acids is 2. The van der Waals surface area contributed by atoms with Gasteiger partial charge in [-0.05, 0) is 26.2 Å². The second-order valence-corrected chi connectivity index (χ2v) is 3.19. The van der Waals surface area contributed by atoms with Gasteiger partial charge in [-0.25, -0.2) is 0 Å². The van der Waals surface area contributed by atoms with Gasteiger partial charge >= 0.3 is 0 Å². The van der Waals surface area contributed by atoms with Crippen LogP contribution in [-0.2, 0) is 9.59 Å². The van der Waals surface area contributed by atoms with Crippen LogP contribution >= 0.6 is 0 Å². The maximum Gasteiger partial charge on any atom is 0.236 e. The van der Waals surface area contributed by atoms with Gasteiger partial charge in [-0.3, -0.25) is 9.59 Å². The Morgan fingerprint density at radius 2 is 2.15 bits per heavy atom. The summed E-state index contributed by atoms with van der Waals surface area (Å²) < 4.78 is 0. The fourth-order valence-electron chi connectivity index (χ4n) is 1.52. The van der Waals surface area contributed by atoms with E-state index in [4.69, 9.17) is 5.73 Å². The summed E-state index contributed by atoms with van der Waals surface area (Å²) in [7, 11) is 0. The normalized spacial score (nSPS) is 16.1. The standard InChI is InChI=1S/C9H14N2O2/c1-6(12)7-3-2-4-8(7)11-5-9(10)13/h11H,2-5H2,1H3,(H2,10,13). The summed E-state index contributed by atoms with van der Waals surface area (Å²) in [6.45, 7) is 1.67. The van der Waals surface area contributed by atoms with Crippen molar-refractivity contribution in [2.24, 2.45) is 5.73 Å². The van der Waals surface area contributed by atoms with Gasteiger partial charge < -0.3 is 11.1 Å². The van der Waals surface area contributed by atoms with Gasteiger partial charge in [-0.1, -0.05) is 0 Å².